The van der Waals surface area contributed by atoms with Gasteiger partial charge < -0.3 is 9.73 Å². The van der Waals surface area contributed by atoms with E-state index in [9.17, 15) is 0 Å². The van der Waals surface area contributed by atoms with Gasteiger partial charge in [-0.05, 0) is 42.8 Å². The molecule has 26 heavy (non-hydrogen) atoms. The van der Waals surface area contributed by atoms with Crippen molar-refractivity contribution in [2.75, 3.05) is 10.6 Å². The molecule has 3 heterocycles. The highest BCUT2D eigenvalue weighted by Crippen LogP contribution is 2.23. The number of aromatic nitrogens is 4. The summed E-state index contributed by atoms with van der Waals surface area (Å²) in [6, 6.07) is 9.76. The first-order valence-electron chi connectivity index (χ1n) is 7.99. The summed E-state index contributed by atoms with van der Waals surface area (Å²) < 4.78 is 5.16. The van der Waals surface area contributed by atoms with E-state index in [0.717, 1.165) is 16.5 Å². The van der Waals surface area contributed by atoms with E-state index in [4.69, 9.17) is 16.0 Å². The number of benzene rings is 1. The molecule has 0 bridgehead atoms. The van der Waals surface area contributed by atoms with Crippen LogP contribution in [0, 0.1) is 0 Å². The third-order valence-corrected chi connectivity index (χ3v) is 4.07. The fourth-order valence-corrected chi connectivity index (χ4v) is 2.71. The largest absolute Gasteiger partial charge is 0.432 e. The van der Waals surface area contributed by atoms with E-state index in [1.54, 1.807) is 18.5 Å². The lowest BCUT2D eigenvalue weighted by Gasteiger charge is -2.15. The van der Waals surface area contributed by atoms with Gasteiger partial charge in [-0.3, -0.25) is 10.3 Å². The maximum absolute atomic E-state index is 6.07. The first-order valence-corrected chi connectivity index (χ1v) is 8.36. The first-order chi connectivity index (χ1) is 12.7. The predicted octanol–water partition coefficient (Wildman–Crippen LogP) is 4.58. The van der Waals surface area contributed by atoms with Crippen LogP contribution >= 0.6 is 11.6 Å². The predicted molar refractivity (Wildman–Crippen MR) is 101 cm³/mol. The van der Waals surface area contributed by atoms with Crippen molar-refractivity contribution in [1.82, 2.24) is 19.9 Å². The van der Waals surface area contributed by atoms with Crippen molar-refractivity contribution in [1.29, 1.82) is 0 Å². The van der Waals surface area contributed by atoms with Gasteiger partial charge in [0.2, 0.25) is 5.95 Å². The van der Waals surface area contributed by atoms with Crippen LogP contribution in [0.25, 0.3) is 10.9 Å². The molecular formula is C18H15ClN6O. The minimum atomic E-state index is -0.0390. The zero-order chi connectivity index (χ0) is 17.9. The number of rotatable bonds is 5. The van der Waals surface area contributed by atoms with E-state index in [1.807, 2.05) is 31.3 Å². The summed E-state index contributed by atoms with van der Waals surface area (Å²) >= 11 is 6.07. The van der Waals surface area contributed by atoms with E-state index in [0.29, 0.717) is 22.8 Å². The zero-order valence-corrected chi connectivity index (χ0v) is 14.6. The van der Waals surface area contributed by atoms with E-state index in [-0.39, 0.29) is 6.04 Å². The lowest BCUT2D eigenvalue weighted by Crippen LogP contribution is -2.10. The number of nitrogens with one attached hydrogen (secondary N) is 2. The van der Waals surface area contributed by atoms with Crippen LogP contribution in [-0.4, -0.2) is 19.9 Å². The Morgan fingerprint density at radius 3 is 2.85 bits per heavy atom. The number of oxazole rings is 1. The fraction of sp³-hybridized carbons (Fsp3) is 0.111. The Bertz CT molecular complexity index is 1040. The summed E-state index contributed by atoms with van der Waals surface area (Å²) in [6.45, 7) is 2.02. The topological polar surface area (TPSA) is 88.8 Å². The van der Waals surface area contributed by atoms with Crippen molar-refractivity contribution in [3.8, 4) is 0 Å². The number of hydrogen-bond acceptors (Lipinski definition) is 7. The Labute approximate surface area is 154 Å². The highest BCUT2D eigenvalue weighted by Gasteiger charge is 2.10. The monoisotopic (exact) mass is 366 g/mol. The second kappa shape index (κ2) is 6.97. The van der Waals surface area contributed by atoms with Gasteiger partial charge in [0, 0.05) is 22.8 Å². The summed E-state index contributed by atoms with van der Waals surface area (Å²) in [5.41, 5.74) is 1.91. The summed E-state index contributed by atoms with van der Waals surface area (Å²) in [4.78, 5) is 17.2. The molecule has 0 fully saturated rings. The third-order valence-electron chi connectivity index (χ3n) is 3.83. The molecule has 1 aromatic carbocycles. The van der Waals surface area contributed by atoms with Gasteiger partial charge >= 0.3 is 0 Å². The maximum atomic E-state index is 6.07. The van der Waals surface area contributed by atoms with Gasteiger partial charge in [-0.2, -0.15) is 4.98 Å². The molecule has 0 saturated heterocycles. The molecule has 1 atom stereocenters. The molecule has 0 aliphatic rings. The van der Waals surface area contributed by atoms with Crippen LogP contribution in [0.1, 0.15) is 18.5 Å². The molecule has 0 aliphatic carbocycles. The SMILES string of the molecule is C[C@H](Nc1nccc(Nc2ncco2)n1)c1cnc2ccc(Cl)cc2c1. The van der Waals surface area contributed by atoms with E-state index in [1.165, 1.54) is 6.26 Å². The average Bonchev–Trinajstić information content (AvgIpc) is 3.14. The molecule has 7 nitrogen and oxygen atoms in total. The van der Waals surface area contributed by atoms with Gasteiger partial charge in [0.15, 0.2) is 0 Å². The Kier molecular flexibility index (Phi) is 4.37. The molecule has 2 N–H and O–H groups in total. The third kappa shape index (κ3) is 3.57. The summed E-state index contributed by atoms with van der Waals surface area (Å²) in [5.74, 6) is 1.07. The quantitative estimate of drug-likeness (QED) is 0.534. The normalized spacial score (nSPS) is 12.1. The molecule has 0 radical (unpaired) electrons. The molecule has 0 aliphatic heterocycles. The maximum Gasteiger partial charge on any atom is 0.300 e. The van der Waals surface area contributed by atoms with Gasteiger partial charge in [-0.15, -0.1) is 0 Å². The number of pyridine rings is 1. The van der Waals surface area contributed by atoms with Crippen LogP contribution in [0.15, 0.2) is 59.6 Å². The van der Waals surface area contributed by atoms with Gasteiger partial charge in [0.25, 0.3) is 6.01 Å². The molecule has 0 amide bonds. The minimum absolute atomic E-state index is 0.0390. The summed E-state index contributed by atoms with van der Waals surface area (Å²) in [5, 5.41) is 7.92. The molecule has 0 saturated carbocycles. The van der Waals surface area contributed by atoms with Crippen LogP contribution in [0.5, 0.6) is 0 Å². The second-order valence-corrected chi connectivity index (χ2v) is 6.14. The Morgan fingerprint density at radius 2 is 2.00 bits per heavy atom. The minimum Gasteiger partial charge on any atom is -0.432 e. The Morgan fingerprint density at radius 1 is 1.08 bits per heavy atom. The molecule has 8 heteroatoms. The first kappa shape index (κ1) is 16.3. The number of hydrogen-bond donors (Lipinski definition) is 2. The van der Waals surface area contributed by atoms with Crippen LogP contribution < -0.4 is 10.6 Å². The molecular weight excluding hydrogens is 352 g/mol. The lowest BCUT2D eigenvalue weighted by atomic mass is 10.1. The van der Waals surface area contributed by atoms with Crippen molar-refractivity contribution in [3.63, 3.8) is 0 Å². The van der Waals surface area contributed by atoms with E-state index in [2.05, 4.69) is 36.6 Å². The molecule has 130 valence electrons. The van der Waals surface area contributed by atoms with Gasteiger partial charge in [0.1, 0.15) is 12.1 Å². The van der Waals surface area contributed by atoms with Gasteiger partial charge in [-0.1, -0.05) is 11.6 Å². The number of halogens is 1. The summed E-state index contributed by atoms with van der Waals surface area (Å²) in [6.07, 6.45) is 6.54. The van der Waals surface area contributed by atoms with Crippen LogP contribution in [-0.2, 0) is 0 Å². The zero-order valence-electron chi connectivity index (χ0n) is 13.8. The Hall–Kier alpha value is -3.19. The highest BCUT2D eigenvalue weighted by molar-refractivity contribution is 6.31. The second-order valence-electron chi connectivity index (χ2n) is 5.70. The van der Waals surface area contributed by atoms with Gasteiger partial charge in [-0.25, -0.2) is 9.97 Å². The van der Waals surface area contributed by atoms with Crippen LogP contribution in [0.4, 0.5) is 17.8 Å². The van der Waals surface area contributed by atoms with E-state index < -0.39 is 0 Å². The molecule has 4 aromatic rings. The highest BCUT2D eigenvalue weighted by atomic mass is 35.5. The molecule has 0 unspecified atom stereocenters. The molecule has 0 spiro atoms. The van der Waals surface area contributed by atoms with Gasteiger partial charge in [0.05, 0.1) is 17.8 Å². The fourth-order valence-electron chi connectivity index (χ4n) is 2.53. The standard InChI is InChI=1S/C18H15ClN6O/c1-11(13-8-12-9-14(19)2-3-15(12)22-10-13)23-17-20-5-4-16(24-17)25-18-21-6-7-26-18/h2-11H,1H3,(H2,20,21,23,24,25)/t11-/m0/s1. The Balaban J connectivity index is 1.53. The smallest absolute Gasteiger partial charge is 0.300 e. The van der Waals surface area contributed by atoms with Crippen molar-refractivity contribution in [2.24, 2.45) is 0 Å². The summed E-state index contributed by atoms with van der Waals surface area (Å²) in [7, 11) is 0. The molecule has 3 aromatic heterocycles. The van der Waals surface area contributed by atoms with Crippen molar-refractivity contribution >= 4 is 40.3 Å². The van der Waals surface area contributed by atoms with E-state index >= 15 is 0 Å². The van der Waals surface area contributed by atoms with Crippen molar-refractivity contribution < 1.29 is 4.42 Å². The van der Waals surface area contributed by atoms with Crippen molar-refractivity contribution in [3.05, 3.63) is 65.8 Å². The lowest BCUT2D eigenvalue weighted by molar-refractivity contribution is 0.577. The number of nitrogens with zero attached hydrogens (tertiary/aromatic N) is 4. The van der Waals surface area contributed by atoms with Crippen molar-refractivity contribution in [2.45, 2.75) is 13.0 Å². The number of anilines is 3. The molecule has 4 rings (SSSR count). The van der Waals surface area contributed by atoms with Crippen LogP contribution in [0.2, 0.25) is 5.02 Å². The van der Waals surface area contributed by atoms with Crippen LogP contribution in [0.3, 0.4) is 0 Å². The average molecular weight is 367 g/mol. The number of fused-ring (bicyclic) bond motifs is 1.